The van der Waals surface area contributed by atoms with Crippen molar-refractivity contribution in [2.45, 2.75) is 13.0 Å². The van der Waals surface area contributed by atoms with Crippen LogP contribution in [-0.4, -0.2) is 10.1 Å². The molecule has 0 fully saturated rings. The van der Waals surface area contributed by atoms with Crippen molar-refractivity contribution in [1.82, 2.24) is 4.98 Å². The monoisotopic (exact) mass is 208 g/mol. The van der Waals surface area contributed by atoms with Crippen molar-refractivity contribution in [3.05, 3.63) is 22.5 Å². The Morgan fingerprint density at radius 2 is 2.23 bits per heavy atom. The molecule has 1 heterocycles. The number of nitrogen functional groups attached to an aromatic ring is 1. The maximum absolute atomic E-state index is 12.2. The van der Waals surface area contributed by atoms with Gasteiger partial charge >= 0.3 is 0 Å². The number of alkyl halides is 2. The third kappa shape index (κ3) is 1.87. The van der Waals surface area contributed by atoms with Gasteiger partial charge in [0.25, 0.3) is 6.43 Å². The second-order valence-corrected chi connectivity index (χ2v) is 2.71. The first-order valence-corrected chi connectivity index (χ1v) is 3.77. The molecule has 0 aliphatic carbocycles. The van der Waals surface area contributed by atoms with Crippen LogP contribution in [0.5, 0.6) is 0 Å². The van der Waals surface area contributed by atoms with E-state index in [0.29, 0.717) is 0 Å². The molecule has 3 N–H and O–H groups in total. The number of pyridine rings is 1. The summed E-state index contributed by atoms with van der Waals surface area (Å²) < 4.78 is 24.5. The Morgan fingerprint density at radius 3 is 2.69 bits per heavy atom. The van der Waals surface area contributed by atoms with Crippen molar-refractivity contribution in [1.29, 1.82) is 0 Å². The summed E-state index contributed by atoms with van der Waals surface area (Å²) in [5.74, 6) is 0. The van der Waals surface area contributed by atoms with Crippen molar-refractivity contribution < 1.29 is 13.9 Å². The molecule has 1 rings (SSSR count). The predicted molar refractivity (Wildman–Crippen MR) is 44.5 cm³/mol. The minimum Gasteiger partial charge on any atom is -0.398 e. The van der Waals surface area contributed by atoms with Crippen molar-refractivity contribution in [3.63, 3.8) is 0 Å². The summed E-state index contributed by atoms with van der Waals surface area (Å²) in [7, 11) is 0. The van der Waals surface area contributed by atoms with E-state index in [9.17, 15) is 8.78 Å². The lowest BCUT2D eigenvalue weighted by molar-refractivity contribution is 0.151. The second-order valence-electron chi connectivity index (χ2n) is 2.36. The van der Waals surface area contributed by atoms with Gasteiger partial charge in [-0.05, 0) is 0 Å². The van der Waals surface area contributed by atoms with Crippen LogP contribution in [0, 0.1) is 0 Å². The topological polar surface area (TPSA) is 59.1 Å². The molecule has 13 heavy (non-hydrogen) atoms. The zero-order chi connectivity index (χ0) is 10.0. The summed E-state index contributed by atoms with van der Waals surface area (Å²) in [6, 6.07) is 0. The molecule has 0 unspecified atom stereocenters. The van der Waals surface area contributed by atoms with Gasteiger partial charge in [-0.3, -0.25) is 0 Å². The van der Waals surface area contributed by atoms with Gasteiger partial charge in [-0.1, -0.05) is 11.6 Å². The van der Waals surface area contributed by atoms with Gasteiger partial charge in [0.15, 0.2) is 0 Å². The molecule has 0 saturated heterocycles. The molecule has 72 valence electrons. The number of hydrogen-bond donors (Lipinski definition) is 2. The molecule has 6 heteroatoms. The van der Waals surface area contributed by atoms with E-state index < -0.39 is 18.6 Å². The minimum atomic E-state index is -2.71. The van der Waals surface area contributed by atoms with Crippen LogP contribution in [0.15, 0.2) is 6.20 Å². The van der Waals surface area contributed by atoms with Crippen LogP contribution in [0.4, 0.5) is 14.5 Å². The van der Waals surface area contributed by atoms with Gasteiger partial charge in [0, 0.05) is 11.8 Å². The number of hydrogen-bond acceptors (Lipinski definition) is 3. The Balaban J connectivity index is 3.27. The van der Waals surface area contributed by atoms with Crippen molar-refractivity contribution in [2.24, 2.45) is 0 Å². The molecule has 0 aliphatic heterocycles. The molecule has 0 aliphatic rings. The number of aliphatic hydroxyl groups excluding tert-OH is 1. The average molecular weight is 209 g/mol. The van der Waals surface area contributed by atoms with Gasteiger partial charge in [-0.2, -0.15) is 0 Å². The molecule has 0 spiro atoms. The number of anilines is 1. The Labute approximate surface area is 78.1 Å². The lowest BCUT2D eigenvalue weighted by atomic mass is 10.1. The summed E-state index contributed by atoms with van der Waals surface area (Å²) in [6.07, 6.45) is -1.81. The molecule has 0 amide bonds. The zero-order valence-corrected chi connectivity index (χ0v) is 7.22. The summed E-state index contributed by atoms with van der Waals surface area (Å²) in [5.41, 5.74) is 4.77. The predicted octanol–water partition coefficient (Wildman–Crippen LogP) is 1.75. The fourth-order valence-electron chi connectivity index (χ4n) is 0.883. The summed E-state index contributed by atoms with van der Waals surface area (Å²) >= 11 is 5.51. The Hall–Kier alpha value is -0.940. The van der Waals surface area contributed by atoms with Gasteiger partial charge in [0.1, 0.15) is 5.15 Å². The first-order valence-electron chi connectivity index (χ1n) is 3.39. The lowest BCUT2D eigenvalue weighted by Crippen LogP contribution is -2.03. The maximum Gasteiger partial charge on any atom is 0.267 e. The smallest absolute Gasteiger partial charge is 0.267 e. The van der Waals surface area contributed by atoms with Crippen molar-refractivity contribution >= 4 is 17.3 Å². The van der Waals surface area contributed by atoms with Gasteiger partial charge < -0.3 is 10.8 Å². The van der Waals surface area contributed by atoms with E-state index in [1.54, 1.807) is 0 Å². The largest absolute Gasteiger partial charge is 0.398 e. The fraction of sp³-hybridized carbons (Fsp3) is 0.286. The van der Waals surface area contributed by atoms with E-state index in [0.717, 1.165) is 6.20 Å². The molecular formula is C7H7ClF2N2O. The van der Waals surface area contributed by atoms with Gasteiger partial charge in [-0.15, -0.1) is 0 Å². The van der Waals surface area contributed by atoms with Crippen LogP contribution < -0.4 is 5.73 Å². The number of rotatable bonds is 2. The van der Waals surface area contributed by atoms with Crippen LogP contribution >= 0.6 is 11.6 Å². The van der Waals surface area contributed by atoms with Crippen LogP contribution in [0.2, 0.25) is 5.15 Å². The molecule has 0 radical (unpaired) electrons. The molecule has 3 nitrogen and oxygen atoms in total. The van der Waals surface area contributed by atoms with E-state index in [1.807, 2.05) is 0 Å². The highest BCUT2D eigenvalue weighted by atomic mass is 35.5. The number of nitrogens with zero attached hydrogens (tertiary/aromatic N) is 1. The maximum atomic E-state index is 12.2. The molecular weight excluding hydrogens is 202 g/mol. The molecule has 0 saturated carbocycles. The number of halogens is 3. The van der Waals surface area contributed by atoms with Crippen molar-refractivity contribution in [3.8, 4) is 0 Å². The number of aromatic nitrogens is 1. The lowest BCUT2D eigenvalue weighted by Gasteiger charge is -2.08. The highest BCUT2D eigenvalue weighted by Gasteiger charge is 2.16. The molecule has 1 aromatic rings. The minimum absolute atomic E-state index is 0.0412. The SMILES string of the molecule is Nc1c(C(F)F)cnc(Cl)c1CO. The molecule has 0 bridgehead atoms. The second kappa shape index (κ2) is 3.85. The van der Waals surface area contributed by atoms with Gasteiger partial charge in [-0.25, -0.2) is 13.8 Å². The van der Waals surface area contributed by atoms with Crippen LogP contribution in [0.3, 0.4) is 0 Å². The van der Waals surface area contributed by atoms with Gasteiger partial charge in [0.2, 0.25) is 0 Å². The normalized spacial score (nSPS) is 10.8. The van der Waals surface area contributed by atoms with E-state index in [2.05, 4.69) is 4.98 Å². The van der Waals surface area contributed by atoms with Gasteiger partial charge in [0.05, 0.1) is 17.9 Å². The number of nitrogens with two attached hydrogens (primary N) is 1. The third-order valence-electron chi connectivity index (χ3n) is 1.60. The summed E-state index contributed by atoms with van der Waals surface area (Å²) in [6.45, 7) is -0.502. The standard InChI is InChI=1S/C7H7ClF2N2O/c8-6-4(2-13)5(11)3(1-12-6)7(9)10/h1,7,13H,2H2,(H2,11,12). The Kier molecular flexibility index (Phi) is 3.00. The van der Waals surface area contributed by atoms with E-state index >= 15 is 0 Å². The zero-order valence-electron chi connectivity index (χ0n) is 6.47. The van der Waals surface area contributed by atoms with E-state index in [1.165, 1.54) is 0 Å². The van der Waals surface area contributed by atoms with Crippen LogP contribution in [0.1, 0.15) is 17.6 Å². The van der Waals surface area contributed by atoms with Crippen LogP contribution in [0.25, 0.3) is 0 Å². The molecule has 0 aromatic carbocycles. The third-order valence-corrected chi connectivity index (χ3v) is 1.92. The first kappa shape index (κ1) is 10.1. The summed E-state index contributed by atoms with van der Waals surface area (Å²) in [4.78, 5) is 3.48. The average Bonchev–Trinajstić information content (AvgIpc) is 2.04. The quantitative estimate of drug-likeness (QED) is 0.728. The Bertz CT molecular complexity index is 320. The van der Waals surface area contributed by atoms with Crippen molar-refractivity contribution in [2.75, 3.05) is 5.73 Å². The number of aliphatic hydroxyl groups is 1. The highest BCUT2D eigenvalue weighted by Crippen LogP contribution is 2.30. The van der Waals surface area contributed by atoms with Crippen LogP contribution in [-0.2, 0) is 6.61 Å². The van der Waals surface area contributed by atoms with E-state index in [4.69, 9.17) is 22.4 Å². The fourth-order valence-corrected chi connectivity index (χ4v) is 1.09. The van der Waals surface area contributed by atoms with E-state index in [-0.39, 0.29) is 16.4 Å². The Morgan fingerprint density at radius 1 is 1.62 bits per heavy atom. The highest BCUT2D eigenvalue weighted by molar-refractivity contribution is 6.30. The molecule has 0 atom stereocenters. The summed E-state index contributed by atoms with van der Waals surface area (Å²) in [5, 5.41) is 8.70. The first-order chi connectivity index (χ1) is 6.07. The molecule has 1 aromatic heterocycles.